The first-order valence-electron chi connectivity index (χ1n) is 8.22. The summed E-state index contributed by atoms with van der Waals surface area (Å²) in [5.41, 5.74) is 3.91. The Morgan fingerprint density at radius 1 is 0.920 bits per heavy atom. The van der Waals surface area contributed by atoms with E-state index in [2.05, 4.69) is 26.0 Å². The maximum atomic E-state index is 12.9. The van der Waals surface area contributed by atoms with Gasteiger partial charge in [0.2, 0.25) is 0 Å². The summed E-state index contributed by atoms with van der Waals surface area (Å²) in [6.07, 6.45) is -4.30. The third-order valence-electron chi connectivity index (χ3n) is 4.14. The Bertz CT molecular complexity index is 776. The van der Waals surface area contributed by atoms with Crippen LogP contribution < -0.4 is 0 Å². The molecule has 0 saturated carbocycles. The van der Waals surface area contributed by atoms with Crippen molar-refractivity contribution in [2.24, 2.45) is 0 Å². The van der Waals surface area contributed by atoms with Gasteiger partial charge >= 0.3 is 6.18 Å². The maximum absolute atomic E-state index is 12.9. The summed E-state index contributed by atoms with van der Waals surface area (Å²) in [6, 6.07) is 13.9. The smallest absolute Gasteiger partial charge is 0.166 e. The van der Waals surface area contributed by atoms with E-state index in [4.69, 9.17) is 0 Å². The minimum absolute atomic E-state index is 0.173. The number of alkyl halides is 3. The van der Waals surface area contributed by atoms with Crippen LogP contribution in [0.3, 0.4) is 0 Å². The van der Waals surface area contributed by atoms with Gasteiger partial charge in [-0.2, -0.15) is 13.2 Å². The van der Waals surface area contributed by atoms with Gasteiger partial charge in [-0.3, -0.25) is 0 Å². The highest BCUT2D eigenvalue weighted by atomic mass is 32.2. The van der Waals surface area contributed by atoms with Crippen LogP contribution in [0.15, 0.2) is 48.5 Å². The standard InChI is InChI=1S/C20H19F3S2/c1-3-24-18-15-7-5-6-8-16(15)19(25-4-2)17(18)13-9-11-14(12-10-13)20(21,22)23/h5-12,18H,3-4H2,1-2H3. The average molecular weight is 381 g/mol. The Morgan fingerprint density at radius 2 is 1.60 bits per heavy atom. The van der Waals surface area contributed by atoms with Gasteiger partial charge in [-0.25, -0.2) is 0 Å². The molecule has 0 aromatic heterocycles. The summed E-state index contributed by atoms with van der Waals surface area (Å²) >= 11 is 3.60. The van der Waals surface area contributed by atoms with Gasteiger partial charge in [0.25, 0.3) is 0 Å². The lowest BCUT2D eigenvalue weighted by Crippen LogP contribution is -2.04. The second-order valence-electron chi connectivity index (χ2n) is 5.67. The van der Waals surface area contributed by atoms with E-state index < -0.39 is 11.7 Å². The molecule has 2 aromatic rings. The molecule has 1 aliphatic rings. The van der Waals surface area contributed by atoms with Gasteiger partial charge in [0.15, 0.2) is 0 Å². The van der Waals surface area contributed by atoms with Crippen molar-refractivity contribution in [2.75, 3.05) is 11.5 Å². The summed E-state index contributed by atoms with van der Waals surface area (Å²) in [7, 11) is 0. The van der Waals surface area contributed by atoms with E-state index in [0.717, 1.165) is 22.6 Å². The predicted octanol–water partition coefficient (Wildman–Crippen LogP) is 7.13. The lowest BCUT2D eigenvalue weighted by Gasteiger charge is -2.17. The van der Waals surface area contributed by atoms with Crippen molar-refractivity contribution >= 4 is 34.0 Å². The first-order chi connectivity index (χ1) is 12.0. The first-order valence-corrected chi connectivity index (χ1v) is 10.3. The van der Waals surface area contributed by atoms with E-state index in [1.165, 1.54) is 28.2 Å². The Kier molecular flexibility index (Phi) is 5.54. The van der Waals surface area contributed by atoms with Gasteiger partial charge in [0.05, 0.1) is 10.8 Å². The number of benzene rings is 2. The van der Waals surface area contributed by atoms with Crippen molar-refractivity contribution in [3.05, 3.63) is 70.8 Å². The lowest BCUT2D eigenvalue weighted by molar-refractivity contribution is -0.137. The number of fused-ring (bicyclic) bond motifs is 1. The largest absolute Gasteiger partial charge is 0.416 e. The topological polar surface area (TPSA) is 0 Å². The van der Waals surface area contributed by atoms with Gasteiger partial charge in [-0.1, -0.05) is 50.2 Å². The maximum Gasteiger partial charge on any atom is 0.416 e. The van der Waals surface area contributed by atoms with Crippen LogP contribution in [0.1, 0.15) is 41.4 Å². The van der Waals surface area contributed by atoms with E-state index in [9.17, 15) is 13.2 Å². The van der Waals surface area contributed by atoms with Gasteiger partial charge in [0, 0.05) is 4.91 Å². The van der Waals surface area contributed by atoms with Crippen LogP contribution in [0.4, 0.5) is 13.2 Å². The van der Waals surface area contributed by atoms with Crippen molar-refractivity contribution in [2.45, 2.75) is 25.3 Å². The number of rotatable bonds is 5. The van der Waals surface area contributed by atoms with Crippen molar-refractivity contribution in [3.8, 4) is 0 Å². The van der Waals surface area contributed by atoms with Crippen LogP contribution in [-0.2, 0) is 6.18 Å². The van der Waals surface area contributed by atoms with Gasteiger partial charge in [-0.15, -0.1) is 23.5 Å². The van der Waals surface area contributed by atoms with E-state index in [-0.39, 0.29) is 5.25 Å². The summed E-state index contributed by atoms with van der Waals surface area (Å²) in [5, 5.41) is 0.173. The highest BCUT2D eigenvalue weighted by Crippen LogP contribution is 2.55. The van der Waals surface area contributed by atoms with E-state index in [0.29, 0.717) is 0 Å². The zero-order valence-electron chi connectivity index (χ0n) is 14.1. The molecule has 25 heavy (non-hydrogen) atoms. The van der Waals surface area contributed by atoms with Gasteiger partial charge in [0.1, 0.15) is 0 Å². The molecule has 0 saturated heterocycles. The van der Waals surface area contributed by atoms with Crippen LogP contribution in [-0.4, -0.2) is 11.5 Å². The third-order valence-corrected chi connectivity index (χ3v) is 6.31. The highest BCUT2D eigenvalue weighted by molar-refractivity contribution is 8.08. The van der Waals surface area contributed by atoms with Crippen LogP contribution in [0.25, 0.3) is 10.5 Å². The van der Waals surface area contributed by atoms with Gasteiger partial charge in [-0.05, 0) is 45.9 Å². The highest BCUT2D eigenvalue weighted by Gasteiger charge is 2.33. The van der Waals surface area contributed by atoms with Crippen molar-refractivity contribution < 1.29 is 13.2 Å². The number of thioether (sulfide) groups is 2. The molecule has 0 aliphatic heterocycles. The molecule has 0 radical (unpaired) electrons. The third kappa shape index (κ3) is 3.63. The molecule has 0 amide bonds. The Morgan fingerprint density at radius 3 is 2.20 bits per heavy atom. The normalized spacial score (nSPS) is 17.1. The van der Waals surface area contributed by atoms with E-state index in [1.54, 1.807) is 23.9 Å². The molecular formula is C20H19F3S2. The summed E-state index contributed by atoms with van der Waals surface area (Å²) < 4.78 is 38.7. The molecule has 0 fully saturated rings. The van der Waals surface area contributed by atoms with Crippen LogP contribution in [0.5, 0.6) is 0 Å². The fourth-order valence-electron chi connectivity index (χ4n) is 3.11. The Balaban J connectivity index is 2.11. The Labute approximate surface area is 154 Å². The zero-order valence-corrected chi connectivity index (χ0v) is 15.7. The molecule has 0 bridgehead atoms. The number of halogens is 3. The molecule has 0 nitrogen and oxygen atoms in total. The zero-order chi connectivity index (χ0) is 18.0. The molecule has 132 valence electrons. The molecule has 3 rings (SSSR count). The van der Waals surface area contributed by atoms with Crippen LogP contribution >= 0.6 is 23.5 Å². The minimum Gasteiger partial charge on any atom is -0.166 e. The monoisotopic (exact) mass is 380 g/mol. The van der Waals surface area contributed by atoms with E-state index >= 15 is 0 Å². The quantitative estimate of drug-likeness (QED) is 0.541. The molecular weight excluding hydrogens is 361 g/mol. The van der Waals surface area contributed by atoms with E-state index in [1.807, 2.05) is 23.9 Å². The summed E-state index contributed by atoms with van der Waals surface area (Å²) in [5.74, 6) is 1.88. The molecule has 0 heterocycles. The molecule has 1 atom stereocenters. The summed E-state index contributed by atoms with van der Waals surface area (Å²) in [6.45, 7) is 4.22. The first kappa shape index (κ1) is 18.5. The van der Waals surface area contributed by atoms with Crippen molar-refractivity contribution in [1.82, 2.24) is 0 Å². The predicted molar refractivity (Wildman–Crippen MR) is 104 cm³/mol. The SMILES string of the molecule is CCSC1=C(c2ccc(C(F)(F)F)cc2)C(SCC)c2ccccc21. The number of hydrogen-bond donors (Lipinski definition) is 0. The fraction of sp³-hybridized carbons (Fsp3) is 0.300. The molecule has 2 aromatic carbocycles. The molecule has 1 unspecified atom stereocenters. The second kappa shape index (κ2) is 7.50. The fourth-order valence-corrected chi connectivity index (χ4v) is 5.35. The second-order valence-corrected chi connectivity index (χ2v) is 8.33. The molecule has 1 aliphatic carbocycles. The van der Waals surface area contributed by atoms with Crippen molar-refractivity contribution in [1.29, 1.82) is 0 Å². The number of hydrogen-bond acceptors (Lipinski definition) is 2. The van der Waals surface area contributed by atoms with Crippen molar-refractivity contribution in [3.63, 3.8) is 0 Å². The summed E-state index contributed by atoms with van der Waals surface area (Å²) in [4.78, 5) is 1.20. The molecule has 0 N–H and O–H groups in total. The molecule has 0 spiro atoms. The van der Waals surface area contributed by atoms with Crippen LogP contribution in [0.2, 0.25) is 0 Å². The molecule has 5 heteroatoms. The lowest BCUT2D eigenvalue weighted by atomic mass is 10.0. The van der Waals surface area contributed by atoms with Crippen LogP contribution in [0, 0.1) is 0 Å². The minimum atomic E-state index is -4.30. The average Bonchev–Trinajstić information content (AvgIpc) is 2.89. The Hall–Kier alpha value is -1.33. The van der Waals surface area contributed by atoms with Gasteiger partial charge < -0.3 is 0 Å².